The number of aryl methyl sites for hydroxylation is 3. The van der Waals surface area contributed by atoms with Crippen LogP contribution < -0.4 is 19.7 Å². The number of unbranched alkanes of at least 4 members (excludes halogenated alkanes) is 3. The third kappa shape index (κ3) is 6.55. The largest absolute Gasteiger partial charge is 0.477 e. The number of aromatic nitrogens is 1. The Kier molecular flexibility index (Phi) is 9.38. The van der Waals surface area contributed by atoms with Crippen LogP contribution in [0.25, 0.3) is 23.4 Å². The molecule has 6 nitrogen and oxygen atoms in total. The second-order valence-electron chi connectivity index (χ2n) is 10.8. The molecule has 1 aliphatic heterocycles. The molecule has 1 aromatic heterocycles. The lowest BCUT2D eigenvalue weighted by atomic mass is 10.0. The number of thiazole rings is 1. The highest BCUT2D eigenvalue weighted by atomic mass is 32.1. The summed E-state index contributed by atoms with van der Waals surface area (Å²) in [7, 11) is 0. The van der Waals surface area contributed by atoms with E-state index in [1.165, 1.54) is 46.3 Å². The molecule has 0 bridgehead atoms. The van der Waals surface area contributed by atoms with Gasteiger partial charge in [-0.2, -0.15) is 5.26 Å². The van der Waals surface area contributed by atoms with Gasteiger partial charge in [0.15, 0.2) is 5.57 Å². The second kappa shape index (κ2) is 13.5. The van der Waals surface area contributed by atoms with E-state index < -0.39 is 11.5 Å². The number of nitriles is 1. The number of carboxylic acid groups (broad SMARTS) is 1. The summed E-state index contributed by atoms with van der Waals surface area (Å²) in [5.74, 6) is -1.36. The van der Waals surface area contributed by atoms with E-state index in [1.54, 1.807) is 24.3 Å². The van der Waals surface area contributed by atoms with Crippen molar-refractivity contribution < 1.29 is 9.90 Å². The van der Waals surface area contributed by atoms with Crippen LogP contribution in [-0.2, 0) is 17.6 Å². The van der Waals surface area contributed by atoms with Crippen LogP contribution in [0.4, 0.5) is 11.4 Å². The molecule has 5 rings (SSSR count). The van der Waals surface area contributed by atoms with E-state index >= 15 is 0 Å². The minimum atomic E-state index is -1.36. The minimum absolute atomic E-state index is 0.104. The average Bonchev–Trinajstić information content (AvgIpc) is 3.23. The van der Waals surface area contributed by atoms with E-state index in [-0.39, 0.29) is 10.2 Å². The first-order chi connectivity index (χ1) is 20.9. The Hall–Kier alpha value is -4.67. The number of anilines is 2. The first-order valence-corrected chi connectivity index (χ1v) is 15.6. The van der Waals surface area contributed by atoms with E-state index in [1.807, 2.05) is 31.2 Å². The lowest BCUT2D eigenvalue weighted by Gasteiger charge is -2.27. The van der Waals surface area contributed by atoms with E-state index in [0.717, 1.165) is 48.3 Å². The third-order valence-corrected chi connectivity index (χ3v) is 8.88. The fourth-order valence-corrected chi connectivity index (χ4v) is 6.57. The van der Waals surface area contributed by atoms with Crippen molar-refractivity contribution in [2.45, 2.75) is 52.4 Å². The highest BCUT2D eigenvalue weighted by Gasteiger charge is 2.20. The van der Waals surface area contributed by atoms with Crippen molar-refractivity contribution in [3.8, 4) is 11.8 Å². The van der Waals surface area contributed by atoms with E-state index in [4.69, 9.17) is 0 Å². The van der Waals surface area contributed by atoms with Gasteiger partial charge in [0.05, 0.1) is 10.2 Å². The molecule has 2 heterocycles. The molecule has 0 saturated heterocycles. The van der Waals surface area contributed by atoms with Crippen molar-refractivity contribution in [2.24, 2.45) is 0 Å². The summed E-state index contributed by atoms with van der Waals surface area (Å²) in [4.78, 5) is 27.7. The summed E-state index contributed by atoms with van der Waals surface area (Å²) in [5.41, 5.74) is 6.94. The number of carbonyl (C=O) groups is 1. The summed E-state index contributed by atoms with van der Waals surface area (Å²) in [6.45, 7) is 5.15. The molecule has 0 spiro atoms. The zero-order valence-corrected chi connectivity index (χ0v) is 25.4. The Bertz CT molecular complexity index is 1890. The van der Waals surface area contributed by atoms with Gasteiger partial charge in [-0.1, -0.05) is 80.3 Å². The highest BCUT2D eigenvalue weighted by Crippen LogP contribution is 2.37. The molecule has 0 fully saturated rings. The number of nitrogens with zero attached hydrogens (tertiary/aromatic N) is 3. The standard InChI is InChI=1S/C36H35N3O3S/c1-3-4-5-8-22-38-31-12-7-6-11-27(31)17-18-28-23-26(16-21-32(28)38)10-9-13-33-34(40)39(29-19-14-25(2)15-20-29)35(43-33)30(24-37)36(41)42/h6-7,9-16,19-21,23H,3-5,8,17-18,22H2,1-2H3,(H,41,42)/b10-9+,33-13+,35-30-. The Morgan fingerprint density at radius 2 is 1.74 bits per heavy atom. The zero-order valence-electron chi connectivity index (χ0n) is 24.5. The number of benzene rings is 3. The van der Waals surface area contributed by atoms with Gasteiger partial charge in [-0.25, -0.2) is 4.79 Å². The maximum atomic E-state index is 13.4. The maximum Gasteiger partial charge on any atom is 0.349 e. The number of para-hydroxylation sites is 1. The zero-order chi connectivity index (χ0) is 30.3. The summed E-state index contributed by atoms with van der Waals surface area (Å²) < 4.78 is 1.77. The predicted molar refractivity (Wildman–Crippen MR) is 175 cm³/mol. The van der Waals surface area contributed by atoms with Gasteiger partial charge in [-0.3, -0.25) is 9.36 Å². The number of allylic oxidation sites excluding steroid dienone is 1. The SMILES string of the molecule is CCCCCCN1c2ccccc2CCc2cc(/C=C/C=c3/s/c(=C(/C#N)C(=O)O)n(-c4ccc(C)cc4)c3=O)ccc21. The normalized spacial score (nSPS) is 13.8. The summed E-state index contributed by atoms with van der Waals surface area (Å²) in [6, 6.07) is 24.2. The summed E-state index contributed by atoms with van der Waals surface area (Å²) in [5, 5.41) is 19.2. The molecule has 0 unspecified atom stereocenters. The first-order valence-electron chi connectivity index (χ1n) is 14.7. The molecule has 43 heavy (non-hydrogen) atoms. The van der Waals surface area contributed by atoms with Gasteiger partial charge in [0.2, 0.25) is 0 Å². The Morgan fingerprint density at radius 1 is 1.00 bits per heavy atom. The van der Waals surface area contributed by atoms with Crippen molar-refractivity contribution >= 4 is 46.4 Å². The van der Waals surface area contributed by atoms with Crippen LogP contribution in [0.3, 0.4) is 0 Å². The number of rotatable bonds is 9. The van der Waals surface area contributed by atoms with Gasteiger partial charge in [0.25, 0.3) is 5.56 Å². The van der Waals surface area contributed by atoms with E-state index in [9.17, 15) is 20.0 Å². The Labute approximate surface area is 255 Å². The molecule has 0 amide bonds. The molecular formula is C36H35N3O3S. The summed E-state index contributed by atoms with van der Waals surface area (Å²) >= 11 is 1.01. The number of carboxylic acids is 1. The topological polar surface area (TPSA) is 86.3 Å². The lowest BCUT2D eigenvalue weighted by Crippen LogP contribution is -2.31. The number of aliphatic carboxylic acids is 1. The minimum Gasteiger partial charge on any atom is -0.477 e. The molecule has 3 aromatic carbocycles. The van der Waals surface area contributed by atoms with Gasteiger partial charge < -0.3 is 10.0 Å². The van der Waals surface area contributed by atoms with Gasteiger partial charge >= 0.3 is 5.97 Å². The smallest absolute Gasteiger partial charge is 0.349 e. The molecule has 7 heteroatoms. The van der Waals surface area contributed by atoms with Crippen LogP contribution in [-0.4, -0.2) is 22.2 Å². The van der Waals surface area contributed by atoms with E-state index in [0.29, 0.717) is 10.2 Å². The monoisotopic (exact) mass is 589 g/mol. The molecule has 218 valence electrons. The fraction of sp³-hybridized carbons (Fsp3) is 0.250. The Balaban J connectivity index is 1.50. The number of hydrogen-bond donors (Lipinski definition) is 1. The van der Waals surface area contributed by atoms with Gasteiger partial charge in [0, 0.05) is 17.9 Å². The second-order valence-corrected chi connectivity index (χ2v) is 11.8. The van der Waals surface area contributed by atoms with Crippen LogP contribution in [0.2, 0.25) is 0 Å². The van der Waals surface area contributed by atoms with Crippen LogP contribution in [0.15, 0.2) is 77.6 Å². The van der Waals surface area contributed by atoms with Crippen molar-refractivity contribution in [1.82, 2.24) is 4.57 Å². The number of hydrogen-bond acceptors (Lipinski definition) is 5. The van der Waals surface area contributed by atoms with Gasteiger partial charge in [0.1, 0.15) is 10.7 Å². The van der Waals surface area contributed by atoms with Crippen LogP contribution >= 0.6 is 11.3 Å². The quantitative estimate of drug-likeness (QED) is 0.232. The van der Waals surface area contributed by atoms with Crippen molar-refractivity contribution in [3.63, 3.8) is 0 Å². The number of fused-ring (bicyclic) bond motifs is 2. The van der Waals surface area contributed by atoms with Crippen molar-refractivity contribution in [1.29, 1.82) is 5.26 Å². The molecule has 1 aliphatic rings. The molecule has 0 radical (unpaired) electrons. The maximum absolute atomic E-state index is 13.4. The molecular weight excluding hydrogens is 554 g/mol. The average molecular weight is 590 g/mol. The molecule has 0 atom stereocenters. The van der Waals surface area contributed by atoms with Crippen LogP contribution in [0.1, 0.15) is 54.9 Å². The van der Waals surface area contributed by atoms with Crippen LogP contribution in [0, 0.1) is 18.3 Å². The predicted octanol–water partition coefficient (Wildman–Crippen LogP) is 6.28. The van der Waals surface area contributed by atoms with E-state index in [2.05, 4.69) is 54.3 Å². The third-order valence-electron chi connectivity index (χ3n) is 7.77. The molecule has 0 aliphatic carbocycles. The summed E-state index contributed by atoms with van der Waals surface area (Å²) in [6.07, 6.45) is 12.2. The molecule has 0 saturated carbocycles. The van der Waals surface area contributed by atoms with Gasteiger partial charge in [-0.05, 0) is 79.3 Å². The molecule has 4 aromatic rings. The van der Waals surface area contributed by atoms with Crippen molar-refractivity contribution in [2.75, 3.05) is 11.4 Å². The van der Waals surface area contributed by atoms with Crippen molar-refractivity contribution in [3.05, 3.63) is 115 Å². The van der Waals surface area contributed by atoms with Crippen LogP contribution in [0.5, 0.6) is 0 Å². The first kappa shape index (κ1) is 29.8. The fourth-order valence-electron chi connectivity index (χ4n) is 5.52. The Morgan fingerprint density at radius 3 is 2.49 bits per heavy atom. The highest BCUT2D eigenvalue weighted by molar-refractivity contribution is 7.07. The lowest BCUT2D eigenvalue weighted by molar-refractivity contribution is -0.130. The van der Waals surface area contributed by atoms with Gasteiger partial charge in [-0.15, -0.1) is 11.3 Å². The molecule has 1 N–H and O–H groups in total.